The topological polar surface area (TPSA) is 26.3 Å². The summed E-state index contributed by atoms with van der Waals surface area (Å²) in [6.45, 7) is 13.6. The fraction of sp³-hybridized carbons (Fsp3) is 0.947. The first-order chi connectivity index (χ1) is 10.6. The molecule has 0 aromatic heterocycles. The summed E-state index contributed by atoms with van der Waals surface area (Å²) in [5.41, 5.74) is 0. The van der Waals surface area contributed by atoms with Crippen LogP contribution >= 0.6 is 0 Å². The molecule has 0 aromatic carbocycles. The lowest BCUT2D eigenvalue weighted by molar-refractivity contribution is -0.929. The van der Waals surface area contributed by atoms with Crippen molar-refractivity contribution < 1.29 is 26.4 Å². The monoisotopic (exact) mass is 349 g/mol. The molecular weight excluding hydrogens is 310 g/mol. The number of quaternary nitrogens is 1. The van der Waals surface area contributed by atoms with Gasteiger partial charge in [-0.05, 0) is 38.5 Å². The molecule has 140 valence electrons. The predicted molar refractivity (Wildman–Crippen MR) is 94.9 cm³/mol. The first-order valence-corrected chi connectivity index (χ1v) is 9.58. The standard InChI is InChI=1S/C19H40NO2.ClH/c1-5-8-11-14-20(15-12-9-6-2,16-13-10-7-3)17-18-22-19(4)21;/h5-18H2,1-4H3;1H/q+1;/p-1. The van der Waals surface area contributed by atoms with Crippen molar-refractivity contribution >= 4 is 5.97 Å². The number of unbranched alkanes of at least 4 members (excludes halogenated alkanes) is 6. The number of halogens is 1. The fourth-order valence-corrected chi connectivity index (χ4v) is 3.15. The number of nitrogens with zero attached hydrogens (tertiary/aromatic N) is 1. The van der Waals surface area contributed by atoms with Crippen molar-refractivity contribution in [3.8, 4) is 0 Å². The van der Waals surface area contributed by atoms with Gasteiger partial charge in [-0.25, -0.2) is 0 Å². The van der Waals surface area contributed by atoms with Crippen molar-refractivity contribution in [3.63, 3.8) is 0 Å². The molecule has 0 aliphatic heterocycles. The Hall–Kier alpha value is -0.280. The molecular formula is C19H40ClNO2. The van der Waals surface area contributed by atoms with Crippen LogP contribution in [0.1, 0.15) is 85.5 Å². The number of rotatable bonds is 15. The number of carbonyl (C=O) groups is 1. The highest BCUT2D eigenvalue weighted by atomic mass is 35.5. The molecule has 0 bridgehead atoms. The van der Waals surface area contributed by atoms with Crippen LogP contribution in [0.2, 0.25) is 0 Å². The van der Waals surface area contributed by atoms with Gasteiger partial charge in [0, 0.05) is 6.92 Å². The van der Waals surface area contributed by atoms with Crippen LogP contribution in [0, 0.1) is 0 Å². The lowest BCUT2D eigenvalue weighted by Gasteiger charge is -2.39. The van der Waals surface area contributed by atoms with Crippen LogP contribution in [0.15, 0.2) is 0 Å². The van der Waals surface area contributed by atoms with Gasteiger partial charge in [0.05, 0.1) is 19.6 Å². The average molecular weight is 350 g/mol. The van der Waals surface area contributed by atoms with Gasteiger partial charge < -0.3 is 21.6 Å². The number of hydrogen-bond acceptors (Lipinski definition) is 2. The molecule has 23 heavy (non-hydrogen) atoms. The molecule has 0 N–H and O–H groups in total. The molecule has 0 atom stereocenters. The van der Waals surface area contributed by atoms with E-state index in [1.165, 1.54) is 84.3 Å². The summed E-state index contributed by atoms with van der Waals surface area (Å²) in [5.74, 6) is -0.145. The van der Waals surface area contributed by atoms with Gasteiger partial charge in [-0.2, -0.15) is 0 Å². The minimum Gasteiger partial charge on any atom is -1.00 e. The SMILES string of the molecule is CCCCC[N+](CCCCC)(CCCCC)CCOC(C)=O.[Cl-]. The lowest BCUT2D eigenvalue weighted by Crippen LogP contribution is -3.00. The largest absolute Gasteiger partial charge is 1.00 e. The van der Waals surface area contributed by atoms with Gasteiger partial charge in [0.25, 0.3) is 0 Å². The zero-order valence-corrected chi connectivity index (χ0v) is 16.8. The second kappa shape index (κ2) is 16.6. The molecule has 0 amide bonds. The molecule has 0 aliphatic rings. The van der Waals surface area contributed by atoms with E-state index in [2.05, 4.69) is 20.8 Å². The van der Waals surface area contributed by atoms with E-state index in [-0.39, 0.29) is 18.4 Å². The highest BCUT2D eigenvalue weighted by Gasteiger charge is 2.26. The molecule has 0 unspecified atom stereocenters. The highest BCUT2D eigenvalue weighted by Crippen LogP contribution is 2.16. The lowest BCUT2D eigenvalue weighted by atomic mass is 10.1. The Morgan fingerprint density at radius 1 is 0.739 bits per heavy atom. The predicted octanol–water partition coefficient (Wildman–Crippen LogP) is 1.94. The molecule has 3 nitrogen and oxygen atoms in total. The molecule has 0 saturated heterocycles. The Kier molecular flexibility index (Phi) is 18.0. The maximum Gasteiger partial charge on any atom is 0.302 e. The Labute approximate surface area is 151 Å². The van der Waals surface area contributed by atoms with E-state index in [9.17, 15) is 4.79 Å². The van der Waals surface area contributed by atoms with E-state index < -0.39 is 0 Å². The number of esters is 1. The number of carbonyl (C=O) groups excluding carboxylic acids is 1. The summed E-state index contributed by atoms with van der Waals surface area (Å²) >= 11 is 0. The van der Waals surface area contributed by atoms with Gasteiger partial charge >= 0.3 is 5.97 Å². The molecule has 0 radical (unpaired) electrons. The first kappa shape index (κ1) is 25.0. The Balaban J connectivity index is 0. The van der Waals surface area contributed by atoms with Gasteiger partial charge in [-0.15, -0.1) is 0 Å². The molecule has 0 aromatic rings. The van der Waals surface area contributed by atoms with Gasteiger partial charge in [0.2, 0.25) is 0 Å². The summed E-state index contributed by atoms with van der Waals surface area (Å²) in [6.07, 6.45) is 11.7. The van der Waals surface area contributed by atoms with Gasteiger partial charge in [-0.1, -0.05) is 40.0 Å². The zero-order chi connectivity index (χ0) is 16.7. The summed E-state index contributed by atoms with van der Waals surface area (Å²) in [6, 6.07) is 0. The van der Waals surface area contributed by atoms with E-state index in [4.69, 9.17) is 4.74 Å². The fourth-order valence-electron chi connectivity index (χ4n) is 3.15. The van der Waals surface area contributed by atoms with Crippen LogP contribution in [-0.2, 0) is 9.53 Å². The Bertz CT molecular complexity index is 246. The summed E-state index contributed by atoms with van der Waals surface area (Å²) in [4.78, 5) is 11.1. The van der Waals surface area contributed by atoms with Crippen molar-refractivity contribution in [2.45, 2.75) is 85.5 Å². The molecule has 0 rings (SSSR count). The van der Waals surface area contributed by atoms with E-state index in [0.29, 0.717) is 6.61 Å². The van der Waals surface area contributed by atoms with Crippen LogP contribution in [0.5, 0.6) is 0 Å². The van der Waals surface area contributed by atoms with Crippen LogP contribution in [0.25, 0.3) is 0 Å². The highest BCUT2D eigenvalue weighted by molar-refractivity contribution is 5.65. The zero-order valence-electron chi connectivity index (χ0n) is 16.0. The summed E-state index contributed by atoms with van der Waals surface area (Å²) < 4.78 is 6.42. The van der Waals surface area contributed by atoms with Crippen LogP contribution in [0.3, 0.4) is 0 Å². The van der Waals surface area contributed by atoms with Crippen molar-refractivity contribution in [3.05, 3.63) is 0 Å². The third-order valence-corrected chi connectivity index (χ3v) is 4.58. The minimum absolute atomic E-state index is 0. The third-order valence-electron chi connectivity index (χ3n) is 4.58. The minimum atomic E-state index is -0.145. The van der Waals surface area contributed by atoms with E-state index in [1.54, 1.807) is 0 Å². The molecule has 0 fully saturated rings. The van der Waals surface area contributed by atoms with Crippen molar-refractivity contribution in [1.29, 1.82) is 0 Å². The molecule has 0 aliphatic carbocycles. The maximum absolute atomic E-state index is 11.1. The molecule has 0 spiro atoms. The quantitative estimate of drug-likeness (QED) is 0.256. The van der Waals surface area contributed by atoms with Crippen LogP contribution in [-0.4, -0.2) is 43.2 Å². The second-order valence-corrected chi connectivity index (χ2v) is 6.70. The van der Waals surface area contributed by atoms with E-state index in [1.807, 2.05) is 0 Å². The van der Waals surface area contributed by atoms with Crippen LogP contribution in [0.4, 0.5) is 0 Å². The van der Waals surface area contributed by atoms with Gasteiger partial charge in [0.15, 0.2) is 0 Å². The molecule has 0 saturated carbocycles. The van der Waals surface area contributed by atoms with Gasteiger partial charge in [-0.3, -0.25) is 4.79 Å². The number of ether oxygens (including phenoxy) is 1. The smallest absolute Gasteiger partial charge is 0.302 e. The van der Waals surface area contributed by atoms with Crippen molar-refractivity contribution in [2.75, 3.05) is 32.8 Å². The van der Waals surface area contributed by atoms with E-state index in [0.717, 1.165) is 11.0 Å². The van der Waals surface area contributed by atoms with Crippen LogP contribution < -0.4 is 12.4 Å². The Morgan fingerprint density at radius 3 is 1.43 bits per heavy atom. The van der Waals surface area contributed by atoms with Gasteiger partial charge in [0.1, 0.15) is 13.2 Å². The molecule has 4 heteroatoms. The third kappa shape index (κ3) is 13.8. The van der Waals surface area contributed by atoms with E-state index >= 15 is 0 Å². The average Bonchev–Trinajstić information content (AvgIpc) is 2.47. The first-order valence-electron chi connectivity index (χ1n) is 9.58. The second-order valence-electron chi connectivity index (χ2n) is 6.70. The number of hydrogen-bond donors (Lipinski definition) is 0. The van der Waals surface area contributed by atoms with Crippen molar-refractivity contribution in [1.82, 2.24) is 0 Å². The summed E-state index contributed by atoms with van der Waals surface area (Å²) in [5, 5.41) is 0. The maximum atomic E-state index is 11.1. The molecule has 0 heterocycles. The summed E-state index contributed by atoms with van der Waals surface area (Å²) in [7, 11) is 0. The Morgan fingerprint density at radius 2 is 1.13 bits per heavy atom. The van der Waals surface area contributed by atoms with Crippen molar-refractivity contribution in [2.24, 2.45) is 0 Å². The normalized spacial score (nSPS) is 11.1.